The summed E-state index contributed by atoms with van der Waals surface area (Å²) in [6.07, 6.45) is 1.25. The molecule has 0 aromatic heterocycles. The number of halogens is 1. The number of carbonyl (C=O) groups is 1. The minimum absolute atomic E-state index is 0.0594. The van der Waals surface area contributed by atoms with Gasteiger partial charge in [0.2, 0.25) is 0 Å². The maximum absolute atomic E-state index is 13.5. The first-order valence-corrected chi connectivity index (χ1v) is 6.41. The lowest BCUT2D eigenvalue weighted by atomic mass is 10.1. The molecule has 0 saturated heterocycles. The highest BCUT2D eigenvalue weighted by atomic mass is 19.1. The smallest absolute Gasteiger partial charge is 0.346 e. The molecule has 4 nitrogen and oxygen atoms in total. The first-order valence-electron chi connectivity index (χ1n) is 6.41. The quantitative estimate of drug-likeness (QED) is 0.678. The van der Waals surface area contributed by atoms with Gasteiger partial charge in [-0.15, -0.1) is 0 Å². The van der Waals surface area contributed by atoms with Gasteiger partial charge in [0, 0.05) is 5.56 Å². The fraction of sp³-hybridized carbons (Fsp3) is 0.0588. The molecular formula is C17H12FNO3. The predicted octanol–water partition coefficient (Wildman–Crippen LogP) is 3.40. The lowest BCUT2D eigenvalue weighted by Crippen LogP contribution is -1.99. The van der Waals surface area contributed by atoms with Crippen molar-refractivity contribution in [3.63, 3.8) is 0 Å². The van der Waals surface area contributed by atoms with Crippen molar-refractivity contribution < 1.29 is 19.0 Å². The summed E-state index contributed by atoms with van der Waals surface area (Å²) < 4.78 is 19.0. The van der Waals surface area contributed by atoms with Crippen LogP contribution < -0.4 is 4.74 Å². The van der Waals surface area contributed by atoms with Gasteiger partial charge in [0.1, 0.15) is 29.8 Å². The molecule has 22 heavy (non-hydrogen) atoms. The first kappa shape index (κ1) is 15.3. The second kappa shape index (κ2) is 7.04. The van der Waals surface area contributed by atoms with Gasteiger partial charge in [0.15, 0.2) is 0 Å². The molecule has 0 fully saturated rings. The van der Waals surface area contributed by atoms with Gasteiger partial charge in [-0.05, 0) is 29.8 Å². The Kier molecular flexibility index (Phi) is 4.89. The van der Waals surface area contributed by atoms with Crippen LogP contribution in [0, 0.1) is 17.1 Å². The number of carboxylic acid groups (broad SMARTS) is 1. The van der Waals surface area contributed by atoms with Gasteiger partial charge in [-0.25, -0.2) is 9.18 Å². The zero-order valence-corrected chi connectivity index (χ0v) is 11.5. The molecule has 0 amide bonds. The normalized spacial score (nSPS) is 10.8. The van der Waals surface area contributed by atoms with Crippen molar-refractivity contribution in [1.82, 2.24) is 0 Å². The summed E-state index contributed by atoms with van der Waals surface area (Å²) in [7, 11) is 0. The summed E-state index contributed by atoms with van der Waals surface area (Å²) in [6.45, 7) is 0.0594. The Balaban J connectivity index is 2.14. The lowest BCUT2D eigenvalue weighted by molar-refractivity contribution is -0.132. The van der Waals surface area contributed by atoms with Crippen LogP contribution in [0.2, 0.25) is 0 Å². The molecule has 0 radical (unpaired) electrons. The highest BCUT2D eigenvalue weighted by Crippen LogP contribution is 2.18. The molecule has 0 saturated carbocycles. The Hall–Kier alpha value is -3.13. The van der Waals surface area contributed by atoms with Crippen molar-refractivity contribution in [2.75, 3.05) is 0 Å². The predicted molar refractivity (Wildman–Crippen MR) is 78.4 cm³/mol. The summed E-state index contributed by atoms with van der Waals surface area (Å²) in [5, 5.41) is 17.6. The van der Waals surface area contributed by atoms with E-state index < -0.39 is 5.97 Å². The Morgan fingerprint density at radius 3 is 2.73 bits per heavy atom. The van der Waals surface area contributed by atoms with Gasteiger partial charge < -0.3 is 9.84 Å². The Morgan fingerprint density at radius 1 is 1.27 bits per heavy atom. The van der Waals surface area contributed by atoms with Crippen molar-refractivity contribution >= 4 is 12.0 Å². The van der Waals surface area contributed by atoms with E-state index in [1.165, 1.54) is 12.1 Å². The van der Waals surface area contributed by atoms with E-state index in [0.29, 0.717) is 16.9 Å². The summed E-state index contributed by atoms with van der Waals surface area (Å²) in [5.74, 6) is -1.18. The zero-order valence-electron chi connectivity index (χ0n) is 11.5. The standard InChI is InChI=1S/C17H12FNO3/c18-16-7-2-1-5-13(16)11-22-15-6-3-4-12(9-15)8-14(10-19)17(20)21/h1-9H,11H2,(H,20,21)/b14-8-. The van der Waals surface area contributed by atoms with E-state index in [9.17, 15) is 9.18 Å². The van der Waals surface area contributed by atoms with Crippen molar-refractivity contribution in [3.05, 3.63) is 71.0 Å². The summed E-state index contributed by atoms with van der Waals surface area (Å²) in [4.78, 5) is 10.8. The number of aliphatic carboxylic acids is 1. The SMILES string of the molecule is N#C/C(=C/c1cccc(OCc2ccccc2F)c1)C(=O)O. The molecule has 2 aromatic rings. The Morgan fingerprint density at radius 2 is 2.05 bits per heavy atom. The second-order valence-electron chi connectivity index (χ2n) is 4.43. The summed E-state index contributed by atoms with van der Waals surface area (Å²) >= 11 is 0. The molecule has 110 valence electrons. The molecule has 0 aliphatic heterocycles. The molecule has 2 aromatic carbocycles. The van der Waals surface area contributed by atoms with E-state index in [2.05, 4.69) is 0 Å². The molecule has 2 rings (SSSR count). The third-order valence-electron chi connectivity index (χ3n) is 2.87. The number of hydrogen-bond acceptors (Lipinski definition) is 3. The van der Waals surface area contributed by atoms with Gasteiger partial charge in [-0.1, -0.05) is 30.3 Å². The maximum Gasteiger partial charge on any atom is 0.346 e. The molecule has 5 heteroatoms. The van der Waals surface area contributed by atoms with Crippen LogP contribution >= 0.6 is 0 Å². The molecule has 0 atom stereocenters. The van der Waals surface area contributed by atoms with E-state index in [0.717, 1.165) is 0 Å². The van der Waals surface area contributed by atoms with Crippen LogP contribution in [0.1, 0.15) is 11.1 Å². The molecule has 0 spiro atoms. The summed E-state index contributed by atoms with van der Waals surface area (Å²) in [5.41, 5.74) is 0.572. The number of rotatable bonds is 5. The van der Waals surface area contributed by atoms with Crippen molar-refractivity contribution in [2.24, 2.45) is 0 Å². The average molecular weight is 297 g/mol. The van der Waals surface area contributed by atoms with Crippen molar-refractivity contribution in [3.8, 4) is 11.8 Å². The van der Waals surface area contributed by atoms with Gasteiger partial charge in [0.05, 0.1) is 0 Å². The molecule has 0 aliphatic rings. The van der Waals surface area contributed by atoms with Crippen molar-refractivity contribution in [2.45, 2.75) is 6.61 Å². The Bertz CT molecular complexity index is 762. The third kappa shape index (κ3) is 3.93. The van der Waals surface area contributed by atoms with Crippen LogP contribution in [-0.4, -0.2) is 11.1 Å². The molecule has 0 bridgehead atoms. The van der Waals surface area contributed by atoms with Gasteiger partial charge in [-0.3, -0.25) is 0 Å². The van der Waals surface area contributed by atoms with Gasteiger partial charge in [0.25, 0.3) is 0 Å². The highest BCUT2D eigenvalue weighted by Gasteiger charge is 2.06. The van der Waals surface area contributed by atoms with E-state index in [1.807, 2.05) is 0 Å². The number of hydrogen-bond donors (Lipinski definition) is 1. The molecule has 0 aliphatic carbocycles. The first-order chi connectivity index (χ1) is 10.6. The van der Waals surface area contributed by atoms with E-state index in [1.54, 1.807) is 48.5 Å². The van der Waals surface area contributed by atoms with Crippen LogP contribution in [0.25, 0.3) is 6.08 Å². The Labute approximate surface area is 126 Å². The van der Waals surface area contributed by atoms with Crippen LogP contribution in [0.15, 0.2) is 54.1 Å². The largest absolute Gasteiger partial charge is 0.489 e. The highest BCUT2D eigenvalue weighted by molar-refractivity contribution is 5.96. The average Bonchev–Trinajstić information content (AvgIpc) is 2.52. The molecule has 1 N–H and O–H groups in total. The maximum atomic E-state index is 13.5. The second-order valence-corrected chi connectivity index (χ2v) is 4.43. The van der Waals surface area contributed by atoms with Crippen molar-refractivity contribution in [1.29, 1.82) is 5.26 Å². The lowest BCUT2D eigenvalue weighted by Gasteiger charge is -2.07. The number of nitriles is 1. The van der Waals surface area contributed by atoms with Crippen LogP contribution in [-0.2, 0) is 11.4 Å². The molecule has 0 heterocycles. The van der Waals surface area contributed by atoms with Gasteiger partial charge >= 0.3 is 5.97 Å². The van der Waals surface area contributed by atoms with E-state index >= 15 is 0 Å². The number of nitrogens with zero attached hydrogens (tertiary/aromatic N) is 1. The van der Waals surface area contributed by atoms with Crippen LogP contribution in [0.5, 0.6) is 5.75 Å². The van der Waals surface area contributed by atoms with E-state index in [4.69, 9.17) is 15.1 Å². The molecule has 0 unspecified atom stereocenters. The fourth-order valence-electron chi connectivity index (χ4n) is 1.78. The fourth-order valence-corrected chi connectivity index (χ4v) is 1.78. The van der Waals surface area contributed by atoms with Gasteiger partial charge in [-0.2, -0.15) is 5.26 Å². The van der Waals surface area contributed by atoms with Crippen LogP contribution in [0.4, 0.5) is 4.39 Å². The monoisotopic (exact) mass is 297 g/mol. The van der Waals surface area contributed by atoms with E-state index in [-0.39, 0.29) is 18.0 Å². The third-order valence-corrected chi connectivity index (χ3v) is 2.87. The minimum atomic E-state index is -1.29. The molecular weight excluding hydrogens is 285 g/mol. The number of ether oxygens (including phenoxy) is 1. The number of carboxylic acids is 1. The number of benzene rings is 2. The van der Waals surface area contributed by atoms with Crippen LogP contribution in [0.3, 0.4) is 0 Å². The summed E-state index contributed by atoms with van der Waals surface area (Å²) in [6, 6.07) is 14.5. The zero-order chi connectivity index (χ0) is 15.9. The minimum Gasteiger partial charge on any atom is -0.489 e. The topological polar surface area (TPSA) is 70.3 Å².